The lowest BCUT2D eigenvalue weighted by Gasteiger charge is -2.26. The lowest BCUT2D eigenvalue weighted by atomic mass is 10.1. The SMILES string of the molecule is O=C(C1CC1)N1CCc2sc(S(=O)(=O)NCc3cccs3)cc2C1. The van der Waals surface area contributed by atoms with Gasteiger partial charge in [-0.3, -0.25) is 4.79 Å². The molecule has 8 heteroatoms. The van der Waals surface area contributed by atoms with Gasteiger partial charge in [0.1, 0.15) is 4.21 Å². The van der Waals surface area contributed by atoms with Gasteiger partial charge in [-0.05, 0) is 42.3 Å². The molecule has 1 amide bonds. The van der Waals surface area contributed by atoms with Crippen molar-refractivity contribution >= 4 is 38.6 Å². The Morgan fingerprint density at radius 3 is 2.92 bits per heavy atom. The molecule has 3 heterocycles. The zero-order chi connectivity index (χ0) is 16.7. The summed E-state index contributed by atoms with van der Waals surface area (Å²) < 4.78 is 28.0. The molecule has 2 aliphatic rings. The van der Waals surface area contributed by atoms with E-state index < -0.39 is 10.0 Å². The van der Waals surface area contributed by atoms with E-state index in [0.717, 1.165) is 34.6 Å². The van der Waals surface area contributed by atoms with Crippen molar-refractivity contribution in [3.63, 3.8) is 0 Å². The number of nitrogens with one attached hydrogen (secondary N) is 1. The van der Waals surface area contributed by atoms with Crippen LogP contribution >= 0.6 is 22.7 Å². The highest BCUT2D eigenvalue weighted by atomic mass is 32.2. The molecule has 1 N–H and O–H groups in total. The molecular weight excluding hydrogens is 364 g/mol. The van der Waals surface area contributed by atoms with Crippen LogP contribution < -0.4 is 4.72 Å². The Kier molecular flexibility index (Phi) is 4.24. The van der Waals surface area contributed by atoms with Crippen molar-refractivity contribution in [2.75, 3.05) is 6.54 Å². The number of nitrogens with zero attached hydrogens (tertiary/aromatic N) is 1. The Bertz CT molecular complexity index is 851. The van der Waals surface area contributed by atoms with Crippen LogP contribution in [0.15, 0.2) is 27.8 Å². The topological polar surface area (TPSA) is 66.5 Å². The molecule has 0 bridgehead atoms. The minimum Gasteiger partial charge on any atom is -0.338 e. The third kappa shape index (κ3) is 3.28. The van der Waals surface area contributed by atoms with Crippen LogP contribution in [-0.4, -0.2) is 25.8 Å². The molecule has 0 aromatic carbocycles. The number of hydrogen-bond donors (Lipinski definition) is 1. The number of hydrogen-bond acceptors (Lipinski definition) is 5. The fourth-order valence-corrected chi connectivity index (χ4v) is 6.20. The number of rotatable bonds is 5. The van der Waals surface area contributed by atoms with E-state index in [2.05, 4.69) is 4.72 Å². The first-order valence-corrected chi connectivity index (χ1v) is 11.1. The van der Waals surface area contributed by atoms with Gasteiger partial charge in [-0.1, -0.05) is 6.07 Å². The van der Waals surface area contributed by atoms with Gasteiger partial charge in [-0.25, -0.2) is 13.1 Å². The Hall–Kier alpha value is -1.22. The second-order valence-electron chi connectivity index (χ2n) is 6.20. The highest BCUT2D eigenvalue weighted by Gasteiger charge is 2.35. The zero-order valence-corrected chi connectivity index (χ0v) is 15.5. The van der Waals surface area contributed by atoms with E-state index in [4.69, 9.17) is 0 Å². The third-order valence-electron chi connectivity index (χ3n) is 4.36. The highest BCUT2D eigenvalue weighted by Crippen LogP contribution is 2.35. The maximum Gasteiger partial charge on any atom is 0.250 e. The Morgan fingerprint density at radius 1 is 1.38 bits per heavy atom. The van der Waals surface area contributed by atoms with Gasteiger partial charge in [0.2, 0.25) is 15.9 Å². The molecule has 2 aromatic rings. The molecule has 4 rings (SSSR count). The van der Waals surface area contributed by atoms with Gasteiger partial charge in [0, 0.05) is 35.3 Å². The van der Waals surface area contributed by atoms with Crippen LogP contribution in [0.3, 0.4) is 0 Å². The van der Waals surface area contributed by atoms with Gasteiger partial charge in [-0.15, -0.1) is 22.7 Å². The summed E-state index contributed by atoms with van der Waals surface area (Å²) in [5.41, 5.74) is 0.983. The standard InChI is InChI=1S/C16H18N2O3S3/c19-16(11-3-4-11)18-6-5-14-12(10-18)8-15(23-14)24(20,21)17-9-13-2-1-7-22-13/h1-2,7-8,11,17H,3-6,9-10H2. The van der Waals surface area contributed by atoms with Gasteiger partial charge in [0.05, 0.1) is 0 Å². The first-order chi connectivity index (χ1) is 11.5. The smallest absolute Gasteiger partial charge is 0.250 e. The molecule has 5 nitrogen and oxygen atoms in total. The second-order valence-corrected chi connectivity index (χ2v) is 10.4. The minimum absolute atomic E-state index is 0.209. The van der Waals surface area contributed by atoms with Crippen molar-refractivity contribution in [2.24, 2.45) is 5.92 Å². The van der Waals surface area contributed by atoms with Crippen LogP contribution in [0.5, 0.6) is 0 Å². The number of carbonyl (C=O) groups is 1. The molecule has 1 aliphatic heterocycles. The molecule has 2 aromatic heterocycles. The molecule has 1 fully saturated rings. The van der Waals surface area contributed by atoms with Gasteiger partial charge >= 0.3 is 0 Å². The summed E-state index contributed by atoms with van der Waals surface area (Å²) in [6, 6.07) is 5.56. The van der Waals surface area contributed by atoms with Crippen molar-refractivity contribution in [2.45, 2.75) is 36.6 Å². The van der Waals surface area contributed by atoms with Crippen molar-refractivity contribution in [3.8, 4) is 0 Å². The molecular formula is C16H18N2O3S3. The largest absolute Gasteiger partial charge is 0.338 e. The van der Waals surface area contributed by atoms with Crippen LogP contribution in [0.2, 0.25) is 0 Å². The van der Waals surface area contributed by atoms with E-state index in [0.29, 0.717) is 23.8 Å². The van der Waals surface area contributed by atoms with Crippen LogP contribution in [0.25, 0.3) is 0 Å². The molecule has 0 unspecified atom stereocenters. The summed E-state index contributed by atoms with van der Waals surface area (Å²) in [5.74, 6) is 0.438. The van der Waals surface area contributed by atoms with Gasteiger partial charge in [0.15, 0.2) is 0 Å². The normalized spacial score (nSPS) is 17.8. The molecule has 0 atom stereocenters. The fraction of sp³-hybridized carbons (Fsp3) is 0.438. The van der Waals surface area contributed by atoms with Crippen molar-refractivity contribution in [1.29, 1.82) is 0 Å². The average molecular weight is 383 g/mol. The maximum atomic E-state index is 12.5. The summed E-state index contributed by atoms with van der Waals surface area (Å²) in [4.78, 5) is 16.2. The van der Waals surface area contributed by atoms with E-state index in [1.54, 1.807) is 6.07 Å². The number of fused-ring (bicyclic) bond motifs is 1. The second kappa shape index (κ2) is 6.25. The third-order valence-corrected chi connectivity index (χ3v) is 8.35. The Balaban J connectivity index is 1.48. The van der Waals surface area contributed by atoms with E-state index in [1.165, 1.54) is 22.7 Å². The van der Waals surface area contributed by atoms with Gasteiger partial charge in [0.25, 0.3) is 0 Å². The van der Waals surface area contributed by atoms with E-state index in [-0.39, 0.29) is 11.8 Å². The monoisotopic (exact) mass is 382 g/mol. The van der Waals surface area contributed by atoms with E-state index >= 15 is 0 Å². The molecule has 24 heavy (non-hydrogen) atoms. The molecule has 128 valence electrons. The summed E-state index contributed by atoms with van der Waals surface area (Å²) in [5, 5.41) is 1.93. The van der Waals surface area contributed by atoms with Crippen LogP contribution in [-0.2, 0) is 34.3 Å². The van der Waals surface area contributed by atoms with Gasteiger partial charge in [-0.2, -0.15) is 0 Å². The first kappa shape index (κ1) is 16.3. The summed E-state index contributed by atoms with van der Waals surface area (Å²) in [7, 11) is -3.50. The van der Waals surface area contributed by atoms with Crippen molar-refractivity contribution in [1.82, 2.24) is 9.62 Å². The number of amides is 1. The van der Waals surface area contributed by atoms with E-state index in [1.807, 2.05) is 22.4 Å². The number of thiophene rings is 2. The predicted molar refractivity (Wildman–Crippen MR) is 94.5 cm³/mol. The van der Waals surface area contributed by atoms with Crippen LogP contribution in [0.1, 0.15) is 28.2 Å². The van der Waals surface area contributed by atoms with Crippen LogP contribution in [0, 0.1) is 5.92 Å². The van der Waals surface area contributed by atoms with Gasteiger partial charge < -0.3 is 4.90 Å². The van der Waals surface area contributed by atoms with Crippen molar-refractivity contribution < 1.29 is 13.2 Å². The van der Waals surface area contributed by atoms with Crippen LogP contribution in [0.4, 0.5) is 0 Å². The predicted octanol–water partition coefficient (Wildman–Crippen LogP) is 2.58. The molecule has 0 radical (unpaired) electrons. The maximum absolute atomic E-state index is 12.5. The molecule has 0 saturated heterocycles. The number of sulfonamides is 1. The summed E-state index contributed by atoms with van der Waals surface area (Å²) in [6.07, 6.45) is 2.75. The summed E-state index contributed by atoms with van der Waals surface area (Å²) in [6.45, 7) is 1.56. The molecule has 1 aliphatic carbocycles. The fourth-order valence-electron chi connectivity index (χ4n) is 2.87. The quantitative estimate of drug-likeness (QED) is 0.864. The summed E-state index contributed by atoms with van der Waals surface area (Å²) >= 11 is 2.86. The molecule has 1 saturated carbocycles. The first-order valence-electron chi connectivity index (χ1n) is 7.95. The molecule has 0 spiro atoms. The minimum atomic E-state index is -3.50. The average Bonchev–Trinajstić information content (AvgIpc) is 3.11. The highest BCUT2D eigenvalue weighted by molar-refractivity contribution is 7.91. The Morgan fingerprint density at radius 2 is 2.21 bits per heavy atom. The Labute approximate surface area is 149 Å². The van der Waals surface area contributed by atoms with Crippen molar-refractivity contribution in [3.05, 3.63) is 38.9 Å². The zero-order valence-electron chi connectivity index (χ0n) is 13.0. The number of carbonyl (C=O) groups excluding carboxylic acids is 1. The lowest BCUT2D eigenvalue weighted by Crippen LogP contribution is -2.36. The lowest BCUT2D eigenvalue weighted by molar-refractivity contribution is -0.133. The van der Waals surface area contributed by atoms with E-state index in [9.17, 15) is 13.2 Å².